The number of hydrogen-bond acceptors (Lipinski definition) is 6. The van der Waals surface area contributed by atoms with Crippen molar-refractivity contribution in [3.63, 3.8) is 0 Å². The largest absolute Gasteiger partial charge is 0.378 e. The van der Waals surface area contributed by atoms with Crippen LogP contribution in [0.1, 0.15) is 49.8 Å². The number of methoxy groups -OCH3 is 1. The van der Waals surface area contributed by atoms with E-state index in [-0.39, 0.29) is 6.10 Å². The molecule has 1 N–H and O–H groups in total. The first-order valence-corrected chi connectivity index (χ1v) is 10.9. The number of rotatable bonds is 5. The molecule has 2 aromatic rings. The number of hydrogen-bond donors (Lipinski definition) is 1. The van der Waals surface area contributed by atoms with Crippen molar-refractivity contribution in [3.05, 3.63) is 35.9 Å². The summed E-state index contributed by atoms with van der Waals surface area (Å²) in [6.07, 6.45) is 13.5. The quantitative estimate of drug-likeness (QED) is 0.833. The highest BCUT2D eigenvalue weighted by molar-refractivity contribution is 5.73. The van der Waals surface area contributed by atoms with Gasteiger partial charge in [-0.05, 0) is 44.7 Å². The van der Waals surface area contributed by atoms with Crippen molar-refractivity contribution in [3.8, 4) is 11.3 Å². The third kappa shape index (κ3) is 4.75. The van der Waals surface area contributed by atoms with Gasteiger partial charge in [-0.1, -0.05) is 19.3 Å². The highest BCUT2D eigenvalue weighted by atomic mass is 16.5. The number of aryl methyl sites for hydroxylation is 2. The molecule has 2 fully saturated rings. The molecular formula is C23H33N5O. The van der Waals surface area contributed by atoms with Crippen LogP contribution in [-0.2, 0) is 4.74 Å². The van der Waals surface area contributed by atoms with Gasteiger partial charge in [0.1, 0.15) is 5.82 Å². The lowest BCUT2D eigenvalue weighted by molar-refractivity contribution is 0.0534. The molecule has 3 heterocycles. The molecule has 2 atom stereocenters. The Bertz CT molecular complexity index is 803. The number of ether oxygens (including phenoxy) is 1. The number of piperidine rings is 1. The Morgan fingerprint density at radius 3 is 2.55 bits per heavy atom. The van der Waals surface area contributed by atoms with Gasteiger partial charge in [0.25, 0.3) is 0 Å². The SMILES string of the molecule is COC1CN(c2ncc(C)cc2-c2cnc(C)cn2)CCC1NC1CCCCC1. The summed E-state index contributed by atoms with van der Waals surface area (Å²) in [7, 11) is 1.83. The Morgan fingerprint density at radius 2 is 1.83 bits per heavy atom. The summed E-state index contributed by atoms with van der Waals surface area (Å²) in [6.45, 7) is 5.83. The van der Waals surface area contributed by atoms with E-state index >= 15 is 0 Å². The molecule has 1 aliphatic heterocycles. The highest BCUT2D eigenvalue weighted by Gasteiger charge is 2.32. The maximum absolute atomic E-state index is 5.92. The van der Waals surface area contributed by atoms with Crippen LogP contribution in [0, 0.1) is 13.8 Å². The van der Waals surface area contributed by atoms with Crippen LogP contribution in [0.25, 0.3) is 11.3 Å². The second-order valence-corrected chi connectivity index (χ2v) is 8.54. The van der Waals surface area contributed by atoms with E-state index in [1.807, 2.05) is 32.6 Å². The van der Waals surface area contributed by atoms with Crippen LogP contribution in [0.4, 0.5) is 5.82 Å². The molecule has 1 saturated carbocycles. The maximum Gasteiger partial charge on any atom is 0.138 e. The Morgan fingerprint density at radius 1 is 1.00 bits per heavy atom. The van der Waals surface area contributed by atoms with Gasteiger partial charge in [0.2, 0.25) is 0 Å². The first-order chi connectivity index (χ1) is 14.1. The molecule has 6 nitrogen and oxygen atoms in total. The van der Waals surface area contributed by atoms with Crippen LogP contribution < -0.4 is 10.2 Å². The lowest BCUT2D eigenvalue weighted by atomic mass is 9.92. The summed E-state index contributed by atoms with van der Waals surface area (Å²) in [5.41, 5.74) is 3.97. The summed E-state index contributed by atoms with van der Waals surface area (Å²) in [6, 6.07) is 3.22. The van der Waals surface area contributed by atoms with Crippen LogP contribution in [0.15, 0.2) is 24.7 Å². The minimum atomic E-state index is 0.158. The van der Waals surface area contributed by atoms with Gasteiger partial charge >= 0.3 is 0 Å². The van der Waals surface area contributed by atoms with E-state index < -0.39 is 0 Å². The summed E-state index contributed by atoms with van der Waals surface area (Å²) in [5, 5.41) is 3.90. The summed E-state index contributed by atoms with van der Waals surface area (Å²) < 4.78 is 5.92. The first-order valence-electron chi connectivity index (χ1n) is 10.9. The van der Waals surface area contributed by atoms with Crippen LogP contribution in [0.5, 0.6) is 0 Å². The predicted molar refractivity (Wildman–Crippen MR) is 116 cm³/mol. The number of aromatic nitrogens is 3. The molecule has 0 aromatic carbocycles. The van der Waals surface area contributed by atoms with E-state index in [0.29, 0.717) is 12.1 Å². The first kappa shape index (κ1) is 20.2. The van der Waals surface area contributed by atoms with E-state index in [1.54, 1.807) is 0 Å². The van der Waals surface area contributed by atoms with Gasteiger partial charge in [-0.2, -0.15) is 0 Å². The zero-order valence-corrected chi connectivity index (χ0v) is 17.9. The Hall–Kier alpha value is -2.05. The Labute approximate surface area is 174 Å². The van der Waals surface area contributed by atoms with Crippen molar-refractivity contribution in [2.45, 2.75) is 70.6 Å². The fourth-order valence-corrected chi connectivity index (χ4v) is 4.64. The van der Waals surface area contributed by atoms with E-state index in [1.165, 1.54) is 32.1 Å². The fourth-order valence-electron chi connectivity index (χ4n) is 4.64. The fraction of sp³-hybridized carbons (Fsp3) is 0.609. The average Bonchev–Trinajstić information content (AvgIpc) is 2.75. The number of nitrogens with zero attached hydrogens (tertiary/aromatic N) is 4. The van der Waals surface area contributed by atoms with E-state index in [4.69, 9.17) is 9.72 Å². The smallest absolute Gasteiger partial charge is 0.138 e. The molecule has 2 aliphatic rings. The Kier molecular flexibility index (Phi) is 6.40. The molecule has 0 spiro atoms. The molecule has 0 amide bonds. The zero-order valence-electron chi connectivity index (χ0n) is 17.9. The molecule has 0 bridgehead atoms. The van der Waals surface area contributed by atoms with Gasteiger partial charge in [0.05, 0.1) is 23.7 Å². The number of anilines is 1. The van der Waals surface area contributed by atoms with Crippen molar-refractivity contribution in [1.82, 2.24) is 20.3 Å². The van der Waals surface area contributed by atoms with Crippen LogP contribution in [-0.4, -0.2) is 53.3 Å². The van der Waals surface area contributed by atoms with Gasteiger partial charge in [0, 0.05) is 50.2 Å². The second kappa shape index (κ2) is 9.18. The monoisotopic (exact) mass is 395 g/mol. The van der Waals surface area contributed by atoms with Gasteiger partial charge < -0.3 is 15.0 Å². The normalized spacial score (nSPS) is 23.3. The van der Waals surface area contributed by atoms with Crippen LogP contribution in [0.2, 0.25) is 0 Å². The summed E-state index contributed by atoms with van der Waals surface area (Å²) >= 11 is 0. The third-order valence-electron chi connectivity index (χ3n) is 6.28. The minimum Gasteiger partial charge on any atom is -0.378 e. The second-order valence-electron chi connectivity index (χ2n) is 8.54. The third-order valence-corrected chi connectivity index (χ3v) is 6.28. The number of pyridine rings is 1. The molecule has 4 rings (SSSR count). The van der Waals surface area contributed by atoms with E-state index in [2.05, 4.69) is 33.2 Å². The van der Waals surface area contributed by atoms with Crippen molar-refractivity contribution >= 4 is 5.82 Å². The highest BCUT2D eigenvalue weighted by Crippen LogP contribution is 2.31. The standard InChI is InChI=1S/C23H33N5O/c1-16-11-19(21-14-24-17(2)13-25-21)23(26-12-16)28-10-9-20(22(15-28)29-3)27-18-7-5-4-6-8-18/h11-14,18,20,22,27H,4-10,15H2,1-3H3. The molecule has 2 unspecified atom stereocenters. The topological polar surface area (TPSA) is 63.2 Å². The predicted octanol–water partition coefficient (Wildman–Crippen LogP) is 3.67. The lowest BCUT2D eigenvalue weighted by Gasteiger charge is -2.41. The Balaban J connectivity index is 1.52. The molecule has 1 aliphatic carbocycles. The molecule has 0 radical (unpaired) electrons. The average molecular weight is 396 g/mol. The summed E-state index contributed by atoms with van der Waals surface area (Å²) in [5.74, 6) is 0.979. The number of nitrogens with one attached hydrogen (secondary N) is 1. The van der Waals surface area contributed by atoms with E-state index in [0.717, 1.165) is 47.8 Å². The molecule has 1 saturated heterocycles. The van der Waals surface area contributed by atoms with E-state index in [9.17, 15) is 0 Å². The molecule has 6 heteroatoms. The maximum atomic E-state index is 5.92. The summed E-state index contributed by atoms with van der Waals surface area (Å²) in [4.78, 5) is 16.2. The van der Waals surface area contributed by atoms with Gasteiger partial charge in [-0.15, -0.1) is 0 Å². The molecule has 29 heavy (non-hydrogen) atoms. The van der Waals surface area contributed by atoms with Gasteiger partial charge in [-0.25, -0.2) is 4.98 Å². The minimum absolute atomic E-state index is 0.158. The van der Waals surface area contributed by atoms with Crippen LogP contribution in [0.3, 0.4) is 0 Å². The van der Waals surface area contributed by atoms with Gasteiger partial charge in [-0.3, -0.25) is 9.97 Å². The molecule has 156 valence electrons. The van der Waals surface area contributed by atoms with Crippen LogP contribution >= 0.6 is 0 Å². The van der Waals surface area contributed by atoms with Crippen molar-refractivity contribution in [1.29, 1.82) is 0 Å². The van der Waals surface area contributed by atoms with Crippen molar-refractivity contribution < 1.29 is 4.74 Å². The van der Waals surface area contributed by atoms with Crippen molar-refractivity contribution in [2.75, 3.05) is 25.1 Å². The molecule has 2 aromatic heterocycles. The molecular weight excluding hydrogens is 362 g/mol. The zero-order chi connectivity index (χ0) is 20.2. The van der Waals surface area contributed by atoms with Gasteiger partial charge in [0.15, 0.2) is 0 Å². The van der Waals surface area contributed by atoms with Crippen molar-refractivity contribution in [2.24, 2.45) is 0 Å². The lowest BCUT2D eigenvalue weighted by Crippen LogP contribution is -2.56.